The van der Waals surface area contributed by atoms with Crippen LogP contribution in [0.5, 0.6) is 0 Å². The summed E-state index contributed by atoms with van der Waals surface area (Å²) in [5.74, 6) is 0. The van der Waals surface area contributed by atoms with Crippen LogP contribution >= 0.6 is 0 Å². The Kier molecular flexibility index (Phi) is 21.4. The van der Waals surface area contributed by atoms with E-state index in [4.69, 9.17) is 0 Å². The Morgan fingerprint density at radius 2 is 0.237 bits per heavy atom. The molecule has 0 heteroatoms. The van der Waals surface area contributed by atoms with Gasteiger partial charge in [-0.25, -0.2) is 0 Å². The third-order valence-electron chi connectivity index (χ3n) is 15.6. The summed E-state index contributed by atoms with van der Waals surface area (Å²) in [6, 6.07) is 48.5. The molecule has 0 aromatic heterocycles. The monoisotopic (exact) mass is 1080 g/mol. The average molecular weight is 1080 g/mol. The number of hydrogen-bond donors (Lipinski definition) is 0. The fraction of sp³-hybridized carbons (Fsp3) is 0.550. The summed E-state index contributed by atoms with van der Waals surface area (Å²) in [7, 11) is 0. The highest BCUT2D eigenvalue weighted by molar-refractivity contribution is 5.69. The molecule has 0 heterocycles. The van der Waals surface area contributed by atoms with Crippen molar-refractivity contribution in [2.45, 2.75) is 288 Å². The fourth-order valence-corrected chi connectivity index (χ4v) is 9.04. The van der Waals surface area contributed by atoms with Gasteiger partial charge in [-0.2, -0.15) is 0 Å². The first-order chi connectivity index (χ1) is 35.6. The fourth-order valence-electron chi connectivity index (χ4n) is 9.04. The van der Waals surface area contributed by atoms with Gasteiger partial charge in [-0.3, -0.25) is 0 Å². The molecule has 0 amide bonds. The van der Waals surface area contributed by atoms with Crippen LogP contribution < -0.4 is 0 Å². The number of benzene rings is 6. The second-order valence-electron chi connectivity index (χ2n) is 34.9. The molecule has 0 saturated heterocycles. The van der Waals surface area contributed by atoms with Crippen molar-refractivity contribution in [3.8, 4) is 22.3 Å². The molecule has 0 aliphatic rings. The summed E-state index contributed by atoms with van der Waals surface area (Å²) in [5, 5.41) is 0. The van der Waals surface area contributed by atoms with Crippen molar-refractivity contribution in [1.29, 1.82) is 0 Å². The lowest BCUT2D eigenvalue weighted by molar-refractivity contribution is 0.548. The van der Waals surface area contributed by atoms with Crippen LogP contribution in [-0.2, 0) is 59.6 Å². The van der Waals surface area contributed by atoms with E-state index < -0.39 is 0 Å². The van der Waals surface area contributed by atoms with Crippen molar-refractivity contribution < 1.29 is 0 Å². The van der Waals surface area contributed by atoms with Gasteiger partial charge in [0, 0.05) is 0 Å². The predicted octanol–water partition coefficient (Wildman–Crippen LogP) is 24.4. The van der Waals surface area contributed by atoms with E-state index in [-0.39, 0.29) is 59.6 Å². The van der Waals surface area contributed by atoms with Crippen LogP contribution in [0.15, 0.2) is 127 Å². The Hall–Kier alpha value is -4.68. The average Bonchev–Trinajstić information content (AvgIpc) is 3.29. The zero-order valence-corrected chi connectivity index (χ0v) is 58.1. The summed E-state index contributed by atoms with van der Waals surface area (Å²) < 4.78 is 0. The first-order valence-electron chi connectivity index (χ1n) is 30.4. The van der Waals surface area contributed by atoms with Crippen molar-refractivity contribution in [2.75, 3.05) is 0 Å². The minimum atomic E-state index is 0.129. The molecule has 6 aromatic rings. The van der Waals surface area contributed by atoms with Crippen LogP contribution in [0, 0.1) is 0 Å². The first-order valence-corrected chi connectivity index (χ1v) is 30.4. The molecule has 0 radical (unpaired) electrons. The third kappa shape index (κ3) is 20.9. The van der Waals surface area contributed by atoms with Crippen molar-refractivity contribution in [1.82, 2.24) is 0 Å². The maximum Gasteiger partial charge on any atom is -0.0132 e. The van der Waals surface area contributed by atoms with E-state index in [1.807, 2.05) is 0 Å². The summed E-state index contributed by atoms with van der Waals surface area (Å²) >= 11 is 0. The smallest absolute Gasteiger partial charge is 0.0132 e. The lowest BCUT2D eigenvalue weighted by atomic mass is 9.76. The number of hydrogen-bond acceptors (Lipinski definition) is 0. The highest BCUT2D eigenvalue weighted by Gasteiger charge is 2.27. The van der Waals surface area contributed by atoms with E-state index in [1.165, 1.54) is 83.5 Å². The van der Waals surface area contributed by atoms with E-state index in [2.05, 4.69) is 356 Å². The molecule has 80 heavy (non-hydrogen) atoms. The van der Waals surface area contributed by atoms with E-state index in [0.717, 1.165) is 0 Å². The first kappa shape index (κ1) is 69.6. The molecule has 0 unspecified atom stereocenters. The van der Waals surface area contributed by atoms with Gasteiger partial charge < -0.3 is 0 Å². The molecule has 0 spiro atoms. The maximum atomic E-state index is 2.41. The molecule has 0 nitrogen and oxygen atoms in total. The highest BCUT2D eigenvalue weighted by atomic mass is 14.3. The second-order valence-corrected chi connectivity index (χ2v) is 34.9. The molecule has 6 rings (SSSR count). The molecule has 6 aromatic carbocycles. The van der Waals surface area contributed by atoms with Gasteiger partial charge in [-0.15, -0.1) is 0 Å². The predicted molar refractivity (Wildman–Crippen MR) is 362 cm³/mol. The van der Waals surface area contributed by atoms with Crippen molar-refractivity contribution in [3.63, 3.8) is 0 Å². The maximum absolute atomic E-state index is 2.41. The van der Waals surface area contributed by atoms with Gasteiger partial charge in [0.05, 0.1) is 0 Å². The summed E-state index contributed by atoms with van der Waals surface area (Å²) in [6.45, 7) is 75.4. The summed E-state index contributed by atoms with van der Waals surface area (Å²) in [5.41, 5.74) is 22.9. The van der Waals surface area contributed by atoms with Crippen LogP contribution in [0.25, 0.3) is 22.3 Å². The van der Waals surface area contributed by atoms with Gasteiger partial charge >= 0.3 is 0 Å². The number of rotatable bonds is 2. The molecule has 0 aliphatic carbocycles. The topological polar surface area (TPSA) is 0 Å². The third-order valence-corrected chi connectivity index (χ3v) is 15.6. The van der Waals surface area contributed by atoms with Crippen LogP contribution in [0.2, 0.25) is 0 Å². The lowest BCUT2D eigenvalue weighted by Crippen LogP contribution is -2.20. The zero-order valence-electron chi connectivity index (χ0n) is 58.1. The molecule has 0 atom stereocenters. The molecule has 0 saturated carbocycles. The van der Waals surface area contributed by atoms with Gasteiger partial charge in [-0.05, 0) is 143 Å². The Morgan fingerprint density at radius 3 is 0.362 bits per heavy atom. The normalized spacial score (nSPS) is 13.3. The van der Waals surface area contributed by atoms with Gasteiger partial charge in [0.1, 0.15) is 0 Å². The Morgan fingerprint density at radius 1 is 0.125 bits per heavy atom. The summed E-state index contributed by atoms with van der Waals surface area (Å²) in [4.78, 5) is 0. The zero-order chi connectivity index (χ0) is 62.0. The molecular weight excluding hydrogens is 961 g/mol. The van der Waals surface area contributed by atoms with Crippen LogP contribution in [0.1, 0.15) is 290 Å². The quantitative estimate of drug-likeness (QED) is 0.162. The van der Waals surface area contributed by atoms with Gasteiger partial charge in [0.2, 0.25) is 0 Å². The van der Waals surface area contributed by atoms with Crippen molar-refractivity contribution >= 4 is 0 Å². The van der Waals surface area contributed by atoms with Gasteiger partial charge in [-0.1, -0.05) is 356 Å². The Labute approximate surface area is 496 Å². The SMILES string of the molecule is CC(C)(C)c1cc(-c2cc(C(C)(C)C)cc(C(C)(C)C)c2)cc(C(C)(C)C)c1.CC(C)(C)c1cc(C(C)(C)C)cc(C(C)(C)C)c1.CC(C)(C)c1ccc(-c2ccc(C(C)(C)C)cc2)cc1.CC(C)(C)c1ccc(C(C)(C)C)cc1. The summed E-state index contributed by atoms with van der Waals surface area (Å²) in [6.07, 6.45) is 0. The molecule has 0 fully saturated rings. The lowest BCUT2D eigenvalue weighted by Gasteiger charge is -2.29. The van der Waals surface area contributed by atoms with E-state index in [1.54, 1.807) is 0 Å². The second kappa shape index (κ2) is 24.6. The molecule has 0 aliphatic heterocycles. The minimum Gasteiger partial charge on any atom is -0.0582 e. The van der Waals surface area contributed by atoms with Crippen LogP contribution in [-0.4, -0.2) is 0 Å². The van der Waals surface area contributed by atoms with Crippen LogP contribution in [0.4, 0.5) is 0 Å². The van der Waals surface area contributed by atoms with Crippen LogP contribution in [0.3, 0.4) is 0 Å². The van der Waals surface area contributed by atoms with Gasteiger partial charge in [0.25, 0.3) is 0 Å². The minimum absolute atomic E-state index is 0.129. The van der Waals surface area contributed by atoms with Crippen molar-refractivity contribution in [3.05, 3.63) is 189 Å². The molecular formula is C80H120. The van der Waals surface area contributed by atoms with Gasteiger partial charge in [0.15, 0.2) is 0 Å². The Bertz CT molecular complexity index is 2590. The molecule has 0 bridgehead atoms. The van der Waals surface area contributed by atoms with E-state index in [9.17, 15) is 0 Å². The molecule has 0 N–H and O–H groups in total. The molecule has 440 valence electrons. The standard InChI is InChI=1S/C28H42.C20H26.C18H30.C14H22/c1-25(2,3)21-13-19(14-22(17-21)26(4,5)6)20-15-23(27(7,8)9)18-24(16-20)28(10,11)12;1-19(2,3)17-11-7-15(8-12-17)16-9-13-18(14-10-16)20(4,5)6;1-16(2,3)13-10-14(17(4,5)6)12-15(11-13)18(7,8)9;1-13(2,3)11-7-9-12(10-8-11)14(4,5)6/h13-18H,1-12H3;7-14H,1-6H3;10-12H,1-9H3;7-10H,1-6H3. The highest BCUT2D eigenvalue weighted by Crippen LogP contribution is 2.39. The van der Waals surface area contributed by atoms with E-state index >= 15 is 0 Å². The van der Waals surface area contributed by atoms with E-state index in [0.29, 0.717) is 0 Å². The largest absolute Gasteiger partial charge is 0.0582 e. The Balaban J connectivity index is 0.000000289. The van der Waals surface area contributed by atoms with Crippen molar-refractivity contribution in [2.24, 2.45) is 0 Å².